The topological polar surface area (TPSA) is 18.5 Å². The lowest BCUT2D eigenvalue weighted by Gasteiger charge is -2.14. The van der Waals surface area contributed by atoms with E-state index in [0.29, 0.717) is 24.0 Å². The van der Waals surface area contributed by atoms with Crippen molar-refractivity contribution in [2.24, 2.45) is 0 Å². The summed E-state index contributed by atoms with van der Waals surface area (Å²) in [5, 5.41) is 2.53. The van der Waals surface area contributed by atoms with E-state index >= 15 is 0 Å². The van der Waals surface area contributed by atoms with Crippen LogP contribution in [0.15, 0.2) is 91.0 Å². The van der Waals surface area contributed by atoms with E-state index in [4.69, 9.17) is 21.1 Å². The molecular formula is C24H19ClO2. The van der Waals surface area contributed by atoms with Gasteiger partial charge in [0.1, 0.15) is 24.7 Å². The first-order chi connectivity index (χ1) is 13.3. The van der Waals surface area contributed by atoms with Gasteiger partial charge in [-0.15, -0.1) is 0 Å². The van der Waals surface area contributed by atoms with Gasteiger partial charge >= 0.3 is 0 Å². The van der Waals surface area contributed by atoms with Crippen molar-refractivity contribution in [3.63, 3.8) is 0 Å². The highest BCUT2D eigenvalue weighted by atomic mass is 35.5. The molecule has 0 fully saturated rings. The summed E-state index contributed by atoms with van der Waals surface area (Å²) in [5.74, 6) is 1.50. The second kappa shape index (κ2) is 8.15. The predicted molar refractivity (Wildman–Crippen MR) is 111 cm³/mol. The van der Waals surface area contributed by atoms with Gasteiger partial charge in [-0.25, -0.2) is 0 Å². The average molecular weight is 375 g/mol. The van der Waals surface area contributed by atoms with Crippen LogP contribution in [-0.2, 0) is 13.2 Å². The number of ether oxygens (including phenoxy) is 2. The van der Waals surface area contributed by atoms with Gasteiger partial charge in [-0.2, -0.15) is 0 Å². The van der Waals surface area contributed by atoms with Crippen molar-refractivity contribution in [3.05, 3.63) is 107 Å². The SMILES string of the molecule is Clc1ccc2c(OCc3ccccc3)cccc2c1OCc1ccccc1. The predicted octanol–water partition coefficient (Wildman–Crippen LogP) is 6.65. The van der Waals surface area contributed by atoms with Crippen molar-refractivity contribution in [1.82, 2.24) is 0 Å². The highest BCUT2D eigenvalue weighted by Gasteiger charge is 2.11. The van der Waals surface area contributed by atoms with Gasteiger partial charge in [-0.05, 0) is 29.3 Å². The van der Waals surface area contributed by atoms with Gasteiger partial charge in [0, 0.05) is 10.8 Å². The summed E-state index contributed by atoms with van der Waals surface area (Å²) in [6, 6.07) is 30.0. The molecule has 0 N–H and O–H groups in total. The highest BCUT2D eigenvalue weighted by molar-refractivity contribution is 6.33. The summed E-state index contributed by atoms with van der Waals surface area (Å²) in [6.45, 7) is 0.984. The van der Waals surface area contributed by atoms with Gasteiger partial charge in [-0.1, -0.05) is 84.4 Å². The normalized spacial score (nSPS) is 10.7. The van der Waals surface area contributed by atoms with Gasteiger partial charge < -0.3 is 9.47 Å². The van der Waals surface area contributed by atoms with Gasteiger partial charge in [0.05, 0.1) is 5.02 Å². The molecule has 0 heterocycles. The van der Waals surface area contributed by atoms with E-state index < -0.39 is 0 Å². The van der Waals surface area contributed by atoms with Crippen LogP contribution in [0.2, 0.25) is 5.02 Å². The van der Waals surface area contributed by atoms with Crippen LogP contribution >= 0.6 is 11.6 Å². The second-order valence-corrected chi connectivity index (χ2v) is 6.68. The number of hydrogen-bond donors (Lipinski definition) is 0. The molecule has 134 valence electrons. The van der Waals surface area contributed by atoms with Crippen molar-refractivity contribution in [1.29, 1.82) is 0 Å². The van der Waals surface area contributed by atoms with Crippen molar-refractivity contribution >= 4 is 22.4 Å². The van der Waals surface area contributed by atoms with Gasteiger partial charge in [-0.3, -0.25) is 0 Å². The molecule has 0 radical (unpaired) electrons. The van der Waals surface area contributed by atoms with Crippen LogP contribution in [0, 0.1) is 0 Å². The van der Waals surface area contributed by atoms with Crippen molar-refractivity contribution in [2.75, 3.05) is 0 Å². The van der Waals surface area contributed by atoms with Crippen molar-refractivity contribution in [3.8, 4) is 11.5 Å². The van der Waals surface area contributed by atoms with Gasteiger partial charge in [0.15, 0.2) is 0 Å². The van der Waals surface area contributed by atoms with Crippen LogP contribution in [0.3, 0.4) is 0 Å². The Hall–Kier alpha value is -2.97. The van der Waals surface area contributed by atoms with E-state index in [9.17, 15) is 0 Å². The molecule has 0 amide bonds. The molecule has 3 heteroatoms. The molecule has 4 aromatic carbocycles. The third-order valence-corrected chi connectivity index (χ3v) is 4.68. The minimum atomic E-state index is 0.467. The Morgan fingerprint density at radius 3 is 1.85 bits per heavy atom. The quantitative estimate of drug-likeness (QED) is 0.376. The molecule has 2 nitrogen and oxygen atoms in total. The number of halogens is 1. The number of hydrogen-bond acceptors (Lipinski definition) is 2. The fourth-order valence-corrected chi connectivity index (χ4v) is 3.23. The fourth-order valence-electron chi connectivity index (χ4n) is 3.01. The maximum atomic E-state index is 6.43. The highest BCUT2D eigenvalue weighted by Crippen LogP contribution is 2.38. The second-order valence-electron chi connectivity index (χ2n) is 6.28. The summed E-state index contributed by atoms with van der Waals surface area (Å²) >= 11 is 6.43. The molecule has 0 spiro atoms. The van der Waals surface area contributed by atoms with Crippen LogP contribution in [0.1, 0.15) is 11.1 Å². The molecule has 0 bridgehead atoms. The third kappa shape index (κ3) is 4.07. The van der Waals surface area contributed by atoms with Crippen LogP contribution in [0.4, 0.5) is 0 Å². The zero-order valence-corrected chi connectivity index (χ0v) is 15.5. The van der Waals surface area contributed by atoms with E-state index in [2.05, 4.69) is 12.1 Å². The summed E-state index contributed by atoms with van der Waals surface area (Å²) in [7, 11) is 0. The fraction of sp³-hybridized carbons (Fsp3) is 0.0833. The number of fused-ring (bicyclic) bond motifs is 1. The Morgan fingerprint density at radius 2 is 1.19 bits per heavy atom. The lowest BCUT2D eigenvalue weighted by Crippen LogP contribution is -1.98. The molecule has 4 aromatic rings. The molecule has 0 aromatic heterocycles. The Balaban J connectivity index is 1.61. The molecule has 0 aliphatic rings. The Morgan fingerprint density at radius 1 is 0.556 bits per heavy atom. The third-order valence-electron chi connectivity index (χ3n) is 4.39. The van der Waals surface area contributed by atoms with Gasteiger partial charge in [0.25, 0.3) is 0 Å². The van der Waals surface area contributed by atoms with E-state index in [0.717, 1.165) is 27.6 Å². The Kier molecular flexibility index (Phi) is 5.27. The van der Waals surface area contributed by atoms with E-state index in [1.165, 1.54) is 0 Å². The molecular weight excluding hydrogens is 356 g/mol. The molecule has 0 atom stereocenters. The summed E-state index contributed by atoms with van der Waals surface area (Å²) in [5.41, 5.74) is 2.23. The smallest absolute Gasteiger partial charge is 0.146 e. The maximum Gasteiger partial charge on any atom is 0.146 e. The minimum Gasteiger partial charge on any atom is -0.488 e. The summed E-state index contributed by atoms with van der Waals surface area (Å²) in [4.78, 5) is 0. The minimum absolute atomic E-state index is 0.467. The first-order valence-corrected chi connectivity index (χ1v) is 9.24. The molecule has 0 aliphatic heterocycles. The van der Waals surface area contributed by atoms with E-state index in [-0.39, 0.29) is 0 Å². The van der Waals surface area contributed by atoms with Crippen LogP contribution in [0.25, 0.3) is 10.8 Å². The van der Waals surface area contributed by atoms with Gasteiger partial charge in [0.2, 0.25) is 0 Å². The lowest BCUT2D eigenvalue weighted by atomic mass is 10.1. The number of benzene rings is 4. The van der Waals surface area contributed by atoms with Crippen LogP contribution in [0.5, 0.6) is 11.5 Å². The number of rotatable bonds is 6. The Labute approximate surface area is 163 Å². The summed E-state index contributed by atoms with van der Waals surface area (Å²) < 4.78 is 12.1. The average Bonchev–Trinajstić information content (AvgIpc) is 2.73. The van der Waals surface area contributed by atoms with Crippen LogP contribution in [-0.4, -0.2) is 0 Å². The van der Waals surface area contributed by atoms with Crippen molar-refractivity contribution in [2.45, 2.75) is 13.2 Å². The molecule has 0 aliphatic carbocycles. The van der Waals surface area contributed by atoms with E-state index in [1.807, 2.05) is 78.9 Å². The zero-order valence-electron chi connectivity index (χ0n) is 14.8. The lowest BCUT2D eigenvalue weighted by molar-refractivity contribution is 0.307. The Bertz CT molecular complexity index is 1030. The largest absolute Gasteiger partial charge is 0.488 e. The summed E-state index contributed by atoms with van der Waals surface area (Å²) in [6.07, 6.45) is 0. The standard InChI is InChI=1S/C24H19ClO2/c25-22-15-14-20-21(24(22)27-17-19-10-5-2-6-11-19)12-7-13-23(20)26-16-18-8-3-1-4-9-18/h1-15H,16-17H2. The molecule has 27 heavy (non-hydrogen) atoms. The first-order valence-electron chi connectivity index (χ1n) is 8.86. The molecule has 0 unspecified atom stereocenters. The van der Waals surface area contributed by atoms with Crippen molar-refractivity contribution < 1.29 is 9.47 Å². The monoisotopic (exact) mass is 374 g/mol. The van der Waals surface area contributed by atoms with E-state index in [1.54, 1.807) is 0 Å². The molecule has 0 saturated carbocycles. The maximum absolute atomic E-state index is 6.43. The van der Waals surface area contributed by atoms with Crippen LogP contribution < -0.4 is 9.47 Å². The molecule has 4 rings (SSSR count). The first kappa shape index (κ1) is 17.4. The molecule has 0 saturated heterocycles. The zero-order chi connectivity index (χ0) is 18.5.